The Hall–Kier alpha value is -3.44. The number of aromatic amines is 1. The molecule has 174 valence electrons. The Morgan fingerprint density at radius 3 is 2.58 bits per heavy atom. The summed E-state index contributed by atoms with van der Waals surface area (Å²) in [6.45, 7) is 2.12. The van der Waals surface area contributed by atoms with Crippen LogP contribution in [0.25, 0.3) is 10.9 Å². The highest BCUT2D eigenvalue weighted by molar-refractivity contribution is 7.93. The molecule has 4 aromatic rings. The van der Waals surface area contributed by atoms with E-state index < -0.39 is 15.8 Å². The van der Waals surface area contributed by atoms with Gasteiger partial charge < -0.3 is 14.8 Å². The average molecular weight is 490 g/mol. The number of H-pyrrole nitrogens is 1. The number of rotatable bonds is 5. The first-order valence-electron chi connectivity index (χ1n) is 10.2. The second kappa shape index (κ2) is 8.49. The number of nitrogens with one attached hydrogen (secondary N) is 2. The average Bonchev–Trinajstić information content (AvgIpc) is 3.49. The van der Waals surface area contributed by atoms with Gasteiger partial charge in [0.1, 0.15) is 5.82 Å². The van der Waals surface area contributed by atoms with E-state index in [9.17, 15) is 17.6 Å². The zero-order valence-electron chi connectivity index (χ0n) is 17.4. The van der Waals surface area contributed by atoms with Crippen LogP contribution in [0.3, 0.4) is 0 Å². The van der Waals surface area contributed by atoms with Gasteiger partial charge in [0.05, 0.1) is 10.5 Å². The van der Waals surface area contributed by atoms with Gasteiger partial charge in [0, 0.05) is 63.4 Å². The summed E-state index contributed by atoms with van der Waals surface area (Å²) in [6, 6.07) is 11.3. The van der Waals surface area contributed by atoms with Gasteiger partial charge in [-0.15, -0.1) is 11.3 Å². The van der Waals surface area contributed by atoms with Crippen LogP contribution in [0.4, 0.5) is 15.2 Å². The molecule has 0 atom stereocenters. The summed E-state index contributed by atoms with van der Waals surface area (Å²) in [5.41, 5.74) is 1.80. The number of fused-ring (bicyclic) bond motifs is 1. The number of anilines is 2. The monoisotopic (exact) mass is 489 g/mol. The first-order chi connectivity index (χ1) is 15.9. The Balaban J connectivity index is 0.00000171. The molecule has 1 saturated heterocycles. The van der Waals surface area contributed by atoms with Gasteiger partial charge in [-0.25, -0.2) is 17.8 Å². The number of thiazole rings is 1. The van der Waals surface area contributed by atoms with Crippen molar-refractivity contribution in [1.29, 1.82) is 0 Å². The minimum absolute atomic E-state index is 0. The number of carbonyl (C=O) groups is 1. The summed E-state index contributed by atoms with van der Waals surface area (Å²) < 4.78 is 41.7. The molecule has 2 N–H and O–H groups in total. The first kappa shape index (κ1) is 21.4. The molecule has 2 aromatic heterocycles. The standard InChI is InChI=1S/C22H20FN5O3S2.2H2/c23-18-2-1-3-19-20(18)17(14-25-19)21(29)28-11-9-27(10-12-28)15-4-6-16(7-5-15)33(30,31)26-22-24-8-13-32-22;;/h1-8,13-14,25H,9-12H2,(H,24,26);2*1H. The van der Waals surface area contributed by atoms with Crippen molar-refractivity contribution >= 4 is 49.0 Å². The zero-order valence-corrected chi connectivity index (χ0v) is 19.0. The van der Waals surface area contributed by atoms with E-state index in [1.54, 1.807) is 52.9 Å². The molecule has 3 heterocycles. The third kappa shape index (κ3) is 4.16. The number of hydrogen-bond acceptors (Lipinski definition) is 6. The predicted molar refractivity (Wildman–Crippen MR) is 130 cm³/mol. The molecule has 0 aliphatic carbocycles. The van der Waals surface area contributed by atoms with E-state index in [0.29, 0.717) is 47.8 Å². The number of benzene rings is 2. The van der Waals surface area contributed by atoms with Crippen LogP contribution >= 0.6 is 11.3 Å². The van der Waals surface area contributed by atoms with Crippen molar-refractivity contribution in [2.75, 3.05) is 35.8 Å². The van der Waals surface area contributed by atoms with Crippen LogP contribution in [-0.4, -0.2) is 55.4 Å². The third-order valence-corrected chi connectivity index (χ3v) is 7.79. The normalized spacial score (nSPS) is 14.6. The lowest BCUT2D eigenvalue weighted by molar-refractivity contribution is 0.0748. The molecule has 1 amide bonds. The van der Waals surface area contributed by atoms with E-state index in [0.717, 1.165) is 5.69 Å². The molecule has 2 aromatic carbocycles. The fourth-order valence-electron chi connectivity index (χ4n) is 3.93. The van der Waals surface area contributed by atoms with Gasteiger partial charge in [0.25, 0.3) is 15.9 Å². The molecule has 0 saturated carbocycles. The van der Waals surface area contributed by atoms with Crippen LogP contribution in [0.15, 0.2) is 65.1 Å². The molecule has 0 bridgehead atoms. The molecular formula is C22H24FN5O3S2. The molecule has 0 radical (unpaired) electrons. The number of nitrogens with zero attached hydrogens (tertiary/aromatic N) is 3. The van der Waals surface area contributed by atoms with Crippen molar-refractivity contribution in [3.05, 3.63) is 71.6 Å². The minimum atomic E-state index is -3.70. The number of amides is 1. The molecule has 0 unspecified atom stereocenters. The van der Waals surface area contributed by atoms with Gasteiger partial charge in [-0.3, -0.25) is 9.52 Å². The number of sulfonamides is 1. The quantitative estimate of drug-likeness (QED) is 0.441. The fraction of sp³-hybridized carbons (Fsp3) is 0.182. The highest BCUT2D eigenvalue weighted by atomic mass is 32.2. The van der Waals surface area contributed by atoms with Crippen molar-refractivity contribution in [3.8, 4) is 0 Å². The number of piperazine rings is 1. The molecular weight excluding hydrogens is 465 g/mol. The smallest absolute Gasteiger partial charge is 0.263 e. The summed E-state index contributed by atoms with van der Waals surface area (Å²) in [7, 11) is -3.70. The van der Waals surface area contributed by atoms with Crippen molar-refractivity contribution < 1.29 is 20.5 Å². The van der Waals surface area contributed by atoms with E-state index in [2.05, 4.69) is 19.6 Å². The molecule has 11 heteroatoms. The molecule has 1 fully saturated rings. The van der Waals surface area contributed by atoms with Crippen LogP contribution in [0, 0.1) is 5.82 Å². The third-order valence-electron chi connectivity index (χ3n) is 5.62. The molecule has 5 rings (SSSR count). The molecule has 0 spiro atoms. The van der Waals surface area contributed by atoms with Crippen molar-refractivity contribution in [1.82, 2.24) is 14.9 Å². The molecule has 1 aliphatic rings. The second-order valence-electron chi connectivity index (χ2n) is 7.58. The second-order valence-corrected chi connectivity index (χ2v) is 10.2. The Bertz CT molecular complexity index is 1400. The largest absolute Gasteiger partial charge is 0.368 e. The van der Waals surface area contributed by atoms with Crippen molar-refractivity contribution in [3.63, 3.8) is 0 Å². The van der Waals surface area contributed by atoms with E-state index in [-0.39, 0.29) is 13.7 Å². The van der Waals surface area contributed by atoms with E-state index in [1.165, 1.54) is 23.6 Å². The maximum atomic E-state index is 14.3. The molecule has 33 heavy (non-hydrogen) atoms. The van der Waals surface area contributed by atoms with Gasteiger partial charge in [-0.05, 0) is 36.4 Å². The van der Waals surface area contributed by atoms with Gasteiger partial charge in [-0.1, -0.05) is 6.07 Å². The Labute approximate surface area is 196 Å². The number of aromatic nitrogens is 2. The Morgan fingerprint density at radius 2 is 1.88 bits per heavy atom. The van der Waals surface area contributed by atoms with Crippen molar-refractivity contribution in [2.45, 2.75) is 4.90 Å². The lowest BCUT2D eigenvalue weighted by atomic mass is 10.1. The maximum Gasteiger partial charge on any atom is 0.263 e. The minimum Gasteiger partial charge on any atom is -0.368 e. The Kier molecular flexibility index (Phi) is 5.51. The van der Waals surface area contributed by atoms with E-state index >= 15 is 0 Å². The number of hydrogen-bond donors (Lipinski definition) is 2. The Morgan fingerprint density at radius 1 is 1.12 bits per heavy atom. The van der Waals surface area contributed by atoms with Crippen LogP contribution in [0.2, 0.25) is 0 Å². The molecule has 8 nitrogen and oxygen atoms in total. The van der Waals surface area contributed by atoms with Crippen LogP contribution in [0.5, 0.6) is 0 Å². The topological polar surface area (TPSA) is 98.4 Å². The SMILES string of the molecule is O=C(c1c[nH]c2cccc(F)c12)N1CCN(c2ccc(S(=O)(=O)Nc3nccs3)cc2)CC1.[HH].[HH]. The van der Waals surface area contributed by atoms with E-state index in [1.807, 2.05) is 0 Å². The van der Waals surface area contributed by atoms with Crippen LogP contribution in [0.1, 0.15) is 13.2 Å². The van der Waals surface area contributed by atoms with E-state index in [4.69, 9.17) is 0 Å². The maximum absolute atomic E-state index is 14.3. The summed E-state index contributed by atoms with van der Waals surface area (Å²) in [5, 5.41) is 2.32. The lowest BCUT2D eigenvalue weighted by Crippen LogP contribution is -2.48. The summed E-state index contributed by atoms with van der Waals surface area (Å²) in [6.07, 6.45) is 3.09. The predicted octanol–water partition coefficient (Wildman–Crippen LogP) is 4.02. The summed E-state index contributed by atoms with van der Waals surface area (Å²) >= 11 is 1.21. The fourth-order valence-corrected chi connectivity index (χ4v) is 5.72. The first-order valence-corrected chi connectivity index (χ1v) is 12.6. The summed E-state index contributed by atoms with van der Waals surface area (Å²) in [5.74, 6) is -0.629. The molecule has 1 aliphatic heterocycles. The zero-order chi connectivity index (χ0) is 23.0. The number of halogens is 1. The highest BCUT2D eigenvalue weighted by Crippen LogP contribution is 2.25. The van der Waals surface area contributed by atoms with Gasteiger partial charge in [0.2, 0.25) is 0 Å². The van der Waals surface area contributed by atoms with Gasteiger partial charge >= 0.3 is 0 Å². The lowest BCUT2D eigenvalue weighted by Gasteiger charge is -2.36. The van der Waals surface area contributed by atoms with Crippen LogP contribution < -0.4 is 9.62 Å². The van der Waals surface area contributed by atoms with Crippen molar-refractivity contribution in [2.24, 2.45) is 0 Å². The highest BCUT2D eigenvalue weighted by Gasteiger charge is 2.25. The summed E-state index contributed by atoms with van der Waals surface area (Å²) in [4.78, 5) is 23.8. The number of carbonyl (C=O) groups excluding carboxylic acids is 1. The van der Waals surface area contributed by atoms with Crippen LogP contribution in [-0.2, 0) is 10.0 Å². The van der Waals surface area contributed by atoms with Gasteiger partial charge in [0.15, 0.2) is 5.13 Å². The van der Waals surface area contributed by atoms with Gasteiger partial charge in [-0.2, -0.15) is 0 Å².